The first-order chi connectivity index (χ1) is 15.1. The van der Waals surface area contributed by atoms with Crippen LogP contribution < -0.4 is 10.1 Å². The van der Waals surface area contributed by atoms with Crippen LogP contribution in [0, 0.1) is 6.92 Å². The maximum Gasteiger partial charge on any atom is 0.251 e. The number of amides is 1. The van der Waals surface area contributed by atoms with Gasteiger partial charge in [0.2, 0.25) is 0 Å². The first kappa shape index (κ1) is 21.1. The lowest BCUT2D eigenvalue weighted by Gasteiger charge is -2.12. The first-order valence-corrected chi connectivity index (χ1v) is 11.1. The fourth-order valence-electron chi connectivity index (χ4n) is 3.50. The fraction of sp³-hybridized carbons (Fsp3) is 0.200. The molecule has 0 unspecified atom stereocenters. The summed E-state index contributed by atoms with van der Waals surface area (Å²) in [5.74, 6) is 1.64. The molecule has 6 heteroatoms. The zero-order valence-corrected chi connectivity index (χ0v) is 18.9. The molecule has 1 N–H and O–H groups in total. The molecule has 0 radical (unpaired) electrons. The lowest BCUT2D eigenvalue weighted by atomic mass is 10.2. The first-order valence-electron chi connectivity index (χ1n) is 10.3. The number of fused-ring (bicyclic) bond motifs is 1. The number of halogens is 1. The molecule has 0 saturated heterocycles. The second-order valence-electron chi connectivity index (χ2n) is 7.33. The molecule has 1 amide bonds. The van der Waals surface area contributed by atoms with Crippen LogP contribution >= 0.6 is 15.9 Å². The highest BCUT2D eigenvalue weighted by molar-refractivity contribution is 9.10. The van der Waals surface area contributed by atoms with Gasteiger partial charge in [0.15, 0.2) is 0 Å². The van der Waals surface area contributed by atoms with Crippen molar-refractivity contribution in [2.45, 2.75) is 26.4 Å². The third kappa shape index (κ3) is 5.14. The molecule has 0 aliphatic rings. The van der Waals surface area contributed by atoms with Crippen molar-refractivity contribution >= 4 is 32.9 Å². The number of carbonyl (C=O) groups excluding carboxylic acids is 1. The number of benzene rings is 3. The Balaban J connectivity index is 1.43. The summed E-state index contributed by atoms with van der Waals surface area (Å²) < 4.78 is 9.05. The lowest BCUT2D eigenvalue weighted by molar-refractivity contribution is 0.0949. The van der Waals surface area contributed by atoms with Crippen molar-refractivity contribution in [2.24, 2.45) is 0 Å². The molecule has 0 aliphatic carbocycles. The number of rotatable bonds is 8. The Morgan fingerprint density at radius 2 is 1.77 bits per heavy atom. The van der Waals surface area contributed by atoms with Crippen LogP contribution in [0.3, 0.4) is 0 Å². The zero-order valence-electron chi connectivity index (χ0n) is 17.3. The van der Waals surface area contributed by atoms with Gasteiger partial charge in [-0.05, 0) is 61.4 Å². The topological polar surface area (TPSA) is 56.1 Å². The van der Waals surface area contributed by atoms with Gasteiger partial charge in [-0.15, -0.1) is 0 Å². The van der Waals surface area contributed by atoms with E-state index in [-0.39, 0.29) is 5.91 Å². The minimum absolute atomic E-state index is 0.117. The summed E-state index contributed by atoms with van der Waals surface area (Å²) >= 11 is 3.39. The van der Waals surface area contributed by atoms with Gasteiger partial charge in [0.05, 0.1) is 24.2 Å². The molecule has 1 aromatic heterocycles. The Morgan fingerprint density at radius 1 is 1.03 bits per heavy atom. The average molecular weight is 478 g/mol. The SMILES string of the molecule is Cc1ccccc1OCCCn1c(CNC(=O)c2ccc(Br)cc2)nc2ccccc21. The molecule has 4 aromatic rings. The fourth-order valence-corrected chi connectivity index (χ4v) is 3.76. The minimum Gasteiger partial charge on any atom is -0.493 e. The third-order valence-corrected chi connectivity index (χ3v) is 5.65. The van der Waals surface area contributed by atoms with Crippen molar-refractivity contribution in [1.82, 2.24) is 14.9 Å². The number of aromatic nitrogens is 2. The number of nitrogens with zero attached hydrogens (tertiary/aromatic N) is 2. The van der Waals surface area contributed by atoms with Crippen molar-refractivity contribution in [3.8, 4) is 5.75 Å². The van der Waals surface area contributed by atoms with E-state index in [9.17, 15) is 4.79 Å². The molecule has 3 aromatic carbocycles. The number of carbonyl (C=O) groups is 1. The molecule has 4 rings (SSSR count). The van der Waals surface area contributed by atoms with Gasteiger partial charge in [-0.3, -0.25) is 4.79 Å². The summed E-state index contributed by atoms with van der Waals surface area (Å²) in [5.41, 5.74) is 3.74. The van der Waals surface area contributed by atoms with Gasteiger partial charge in [-0.2, -0.15) is 0 Å². The van der Waals surface area contributed by atoms with E-state index in [1.54, 1.807) is 12.1 Å². The van der Waals surface area contributed by atoms with Crippen LogP contribution in [0.4, 0.5) is 0 Å². The van der Waals surface area contributed by atoms with Gasteiger partial charge in [0.1, 0.15) is 11.6 Å². The van der Waals surface area contributed by atoms with Crippen LogP contribution in [0.1, 0.15) is 28.2 Å². The number of nitrogens with one attached hydrogen (secondary N) is 1. The van der Waals surface area contributed by atoms with Gasteiger partial charge < -0.3 is 14.6 Å². The normalized spacial score (nSPS) is 10.9. The number of aryl methyl sites for hydroxylation is 2. The number of imidazole rings is 1. The van der Waals surface area contributed by atoms with E-state index in [0.717, 1.165) is 45.6 Å². The molecule has 31 heavy (non-hydrogen) atoms. The van der Waals surface area contributed by atoms with E-state index in [1.165, 1.54) is 0 Å². The van der Waals surface area contributed by atoms with E-state index >= 15 is 0 Å². The zero-order chi connectivity index (χ0) is 21.6. The molecule has 0 atom stereocenters. The van der Waals surface area contributed by atoms with Crippen LogP contribution in [0.2, 0.25) is 0 Å². The lowest BCUT2D eigenvalue weighted by Crippen LogP contribution is -2.25. The molecule has 0 bridgehead atoms. The molecular formula is C25H24BrN3O2. The predicted octanol–water partition coefficient (Wildman–Crippen LogP) is 5.51. The van der Waals surface area contributed by atoms with Crippen LogP contribution in [0.5, 0.6) is 5.75 Å². The van der Waals surface area contributed by atoms with E-state index in [1.807, 2.05) is 61.5 Å². The highest BCUT2D eigenvalue weighted by Crippen LogP contribution is 2.19. The quantitative estimate of drug-likeness (QED) is 0.340. The monoisotopic (exact) mass is 477 g/mol. The van der Waals surface area contributed by atoms with Crippen LogP contribution in [0.15, 0.2) is 77.3 Å². The predicted molar refractivity (Wildman–Crippen MR) is 126 cm³/mol. The van der Waals surface area contributed by atoms with Crippen molar-refractivity contribution in [3.05, 3.63) is 94.2 Å². The van der Waals surface area contributed by atoms with Crippen molar-refractivity contribution in [2.75, 3.05) is 6.61 Å². The molecule has 0 saturated carbocycles. The number of hydrogen-bond acceptors (Lipinski definition) is 3. The largest absolute Gasteiger partial charge is 0.493 e. The van der Waals surface area contributed by atoms with Crippen molar-refractivity contribution in [1.29, 1.82) is 0 Å². The van der Waals surface area contributed by atoms with Gasteiger partial charge in [-0.1, -0.05) is 46.3 Å². The minimum atomic E-state index is -0.117. The van der Waals surface area contributed by atoms with Gasteiger partial charge in [0, 0.05) is 16.6 Å². The molecule has 0 fully saturated rings. The van der Waals surface area contributed by atoms with Crippen LogP contribution in [-0.2, 0) is 13.1 Å². The van der Waals surface area contributed by atoms with Gasteiger partial charge >= 0.3 is 0 Å². The van der Waals surface area contributed by atoms with Crippen molar-refractivity contribution in [3.63, 3.8) is 0 Å². The average Bonchev–Trinajstić information content (AvgIpc) is 3.14. The molecular weight excluding hydrogens is 454 g/mol. The Bertz CT molecular complexity index is 1190. The second kappa shape index (κ2) is 9.79. The Kier molecular flexibility index (Phi) is 6.67. The Labute approximate surface area is 190 Å². The summed E-state index contributed by atoms with van der Waals surface area (Å²) in [6.07, 6.45) is 0.836. The second-order valence-corrected chi connectivity index (χ2v) is 8.24. The Morgan fingerprint density at radius 3 is 2.58 bits per heavy atom. The highest BCUT2D eigenvalue weighted by Gasteiger charge is 2.12. The molecule has 1 heterocycles. The smallest absolute Gasteiger partial charge is 0.251 e. The van der Waals surface area contributed by atoms with Crippen LogP contribution in [0.25, 0.3) is 11.0 Å². The summed E-state index contributed by atoms with van der Waals surface area (Å²) in [5, 5.41) is 2.99. The molecule has 158 valence electrons. The van der Waals surface area contributed by atoms with Crippen molar-refractivity contribution < 1.29 is 9.53 Å². The van der Waals surface area contributed by atoms with E-state index in [2.05, 4.69) is 31.9 Å². The van der Waals surface area contributed by atoms with Gasteiger partial charge in [-0.25, -0.2) is 4.98 Å². The Hall–Kier alpha value is -3.12. The number of ether oxygens (including phenoxy) is 1. The molecule has 0 spiro atoms. The number of para-hydroxylation sites is 3. The highest BCUT2D eigenvalue weighted by atomic mass is 79.9. The maximum atomic E-state index is 12.5. The number of hydrogen-bond donors (Lipinski definition) is 1. The van der Waals surface area contributed by atoms with Crippen LogP contribution in [-0.4, -0.2) is 22.1 Å². The summed E-state index contributed by atoms with van der Waals surface area (Å²) in [6, 6.07) is 23.4. The molecule has 5 nitrogen and oxygen atoms in total. The summed E-state index contributed by atoms with van der Waals surface area (Å²) in [7, 11) is 0. The molecule has 0 aliphatic heterocycles. The van der Waals surface area contributed by atoms with E-state index in [4.69, 9.17) is 9.72 Å². The standard InChI is InChI=1S/C25H24BrN3O2/c1-18-7-2-5-10-23(18)31-16-6-15-29-22-9-4-3-8-21(22)28-24(29)17-27-25(30)19-11-13-20(26)14-12-19/h2-5,7-14H,6,15-17H2,1H3,(H,27,30). The summed E-state index contributed by atoms with van der Waals surface area (Å²) in [6.45, 7) is 3.78. The summed E-state index contributed by atoms with van der Waals surface area (Å²) in [4.78, 5) is 17.3. The van der Waals surface area contributed by atoms with Gasteiger partial charge in [0.25, 0.3) is 5.91 Å². The maximum absolute atomic E-state index is 12.5. The van der Waals surface area contributed by atoms with E-state index < -0.39 is 0 Å². The van der Waals surface area contributed by atoms with E-state index in [0.29, 0.717) is 18.7 Å². The third-order valence-electron chi connectivity index (χ3n) is 5.12.